The molecule has 0 radical (unpaired) electrons. The zero-order chi connectivity index (χ0) is 22.4. The Labute approximate surface area is 195 Å². The van der Waals surface area contributed by atoms with E-state index in [0.717, 1.165) is 23.2 Å². The summed E-state index contributed by atoms with van der Waals surface area (Å²) in [5.74, 6) is 1.04. The third-order valence-electron chi connectivity index (χ3n) is 5.02. The van der Waals surface area contributed by atoms with Crippen LogP contribution in [0.1, 0.15) is 34.6 Å². The minimum absolute atomic E-state index is 0.147. The standard InChI is InChI=1S/C22H26IN3O5/c1-4-26(5-2)9-8-24-22(28)15-11-16(23)17(12-19(15)29-3)25-21(27)14-6-7-18-20(10-14)31-13-30-18/h6-7,10-12H,4-5,8-9,13H2,1-3H3,(H,24,28)(H,25,27)/i23+4. The number of anilines is 1. The Morgan fingerprint density at radius 3 is 2.55 bits per heavy atom. The average Bonchev–Trinajstić information content (AvgIpc) is 3.25. The molecule has 2 N–H and O–H groups in total. The lowest BCUT2D eigenvalue weighted by Gasteiger charge is -2.18. The van der Waals surface area contributed by atoms with Crippen molar-refractivity contribution in [3.63, 3.8) is 0 Å². The number of halogens is 1. The number of ether oxygens (including phenoxy) is 3. The van der Waals surface area contributed by atoms with Gasteiger partial charge >= 0.3 is 0 Å². The molecule has 0 unspecified atom stereocenters. The van der Waals surface area contributed by atoms with Crippen LogP contribution in [0.15, 0.2) is 30.3 Å². The summed E-state index contributed by atoms with van der Waals surface area (Å²) in [6.07, 6.45) is 0. The molecule has 3 rings (SSSR count). The first-order valence-corrected chi connectivity index (χ1v) is 11.1. The third kappa shape index (κ3) is 5.59. The Balaban J connectivity index is 1.71. The van der Waals surface area contributed by atoms with Crippen LogP contribution in [0.3, 0.4) is 0 Å². The van der Waals surface area contributed by atoms with Gasteiger partial charge in [0.2, 0.25) is 6.79 Å². The molecule has 9 heteroatoms. The van der Waals surface area contributed by atoms with Gasteiger partial charge in [0.25, 0.3) is 11.8 Å². The van der Waals surface area contributed by atoms with Crippen LogP contribution in [0.4, 0.5) is 5.69 Å². The van der Waals surface area contributed by atoms with Crippen molar-refractivity contribution in [3.8, 4) is 17.2 Å². The lowest BCUT2D eigenvalue weighted by molar-refractivity contribution is 0.0945. The van der Waals surface area contributed by atoms with Gasteiger partial charge in [-0.25, -0.2) is 0 Å². The number of hydrogen-bond acceptors (Lipinski definition) is 6. The van der Waals surface area contributed by atoms with Gasteiger partial charge < -0.3 is 29.7 Å². The van der Waals surface area contributed by atoms with E-state index in [1.807, 2.05) is 0 Å². The van der Waals surface area contributed by atoms with Crippen molar-refractivity contribution in [1.29, 1.82) is 0 Å². The highest BCUT2D eigenvalue weighted by Crippen LogP contribution is 2.33. The minimum Gasteiger partial charge on any atom is -0.496 e. The number of hydrogen-bond donors (Lipinski definition) is 2. The Kier molecular flexibility index (Phi) is 7.97. The van der Waals surface area contributed by atoms with Crippen molar-refractivity contribution < 1.29 is 23.8 Å². The molecule has 1 aliphatic heterocycles. The predicted molar refractivity (Wildman–Crippen MR) is 126 cm³/mol. The molecule has 2 aromatic rings. The van der Waals surface area contributed by atoms with Gasteiger partial charge in [-0.15, -0.1) is 0 Å². The summed E-state index contributed by atoms with van der Waals surface area (Å²) >= 11 is 2.09. The van der Waals surface area contributed by atoms with Crippen LogP contribution in [0.5, 0.6) is 17.2 Å². The largest absolute Gasteiger partial charge is 0.496 e. The molecule has 0 spiro atoms. The highest BCUT2D eigenvalue weighted by molar-refractivity contribution is 14.1. The van der Waals surface area contributed by atoms with Gasteiger partial charge in [-0.3, -0.25) is 9.59 Å². The van der Waals surface area contributed by atoms with Crippen LogP contribution in [0, 0.1) is 3.57 Å². The number of fused-ring (bicyclic) bond motifs is 1. The molecule has 0 atom stereocenters. The maximum atomic E-state index is 12.7. The lowest BCUT2D eigenvalue weighted by atomic mass is 10.1. The average molecular weight is 543 g/mol. The number of rotatable bonds is 9. The summed E-state index contributed by atoms with van der Waals surface area (Å²) < 4.78 is 16.8. The molecule has 0 aliphatic carbocycles. The van der Waals surface area contributed by atoms with Crippen LogP contribution in [0.25, 0.3) is 0 Å². The second-order valence-corrected chi connectivity index (χ2v) is 8.00. The fraction of sp³-hybridized carbons (Fsp3) is 0.364. The van der Waals surface area contributed by atoms with Crippen LogP contribution in [0.2, 0.25) is 0 Å². The van der Waals surface area contributed by atoms with Crippen molar-refractivity contribution in [3.05, 3.63) is 45.0 Å². The molecule has 8 nitrogen and oxygen atoms in total. The Hall–Kier alpha value is -2.53. The Morgan fingerprint density at radius 2 is 1.84 bits per heavy atom. The number of likely N-dealkylation sites (N-methyl/N-ethyl adjacent to an activating group) is 1. The summed E-state index contributed by atoms with van der Waals surface area (Å²) in [6.45, 7) is 7.52. The monoisotopic (exact) mass is 543 g/mol. The smallest absolute Gasteiger partial charge is 0.255 e. The first kappa shape index (κ1) is 23.1. The zero-order valence-electron chi connectivity index (χ0n) is 17.8. The molecule has 0 aromatic heterocycles. The van der Waals surface area contributed by atoms with Crippen molar-refractivity contribution in [1.82, 2.24) is 10.2 Å². The molecular weight excluding hydrogens is 517 g/mol. The molecule has 1 heterocycles. The van der Waals surface area contributed by atoms with E-state index in [0.29, 0.717) is 40.6 Å². The molecule has 31 heavy (non-hydrogen) atoms. The molecule has 0 bridgehead atoms. The highest BCUT2D eigenvalue weighted by Gasteiger charge is 2.19. The molecule has 166 valence electrons. The number of carbonyl (C=O) groups is 2. The van der Waals surface area contributed by atoms with Crippen LogP contribution >= 0.6 is 22.6 Å². The molecule has 0 saturated heterocycles. The fourth-order valence-electron chi connectivity index (χ4n) is 3.19. The molecule has 0 fully saturated rings. The van der Waals surface area contributed by atoms with E-state index in [-0.39, 0.29) is 18.6 Å². The summed E-state index contributed by atoms with van der Waals surface area (Å²) in [5.41, 5.74) is 1.42. The van der Waals surface area contributed by atoms with E-state index in [9.17, 15) is 9.59 Å². The predicted octanol–water partition coefficient (Wildman–Crippen LogP) is 3.35. The number of carbonyl (C=O) groups excluding carboxylic acids is 2. The van der Waals surface area contributed by atoms with Crippen molar-refractivity contribution in [2.24, 2.45) is 0 Å². The van der Waals surface area contributed by atoms with E-state index in [1.54, 1.807) is 30.3 Å². The maximum absolute atomic E-state index is 12.7. The van der Waals surface area contributed by atoms with Crippen molar-refractivity contribution in [2.75, 3.05) is 45.4 Å². The van der Waals surface area contributed by atoms with E-state index in [1.165, 1.54) is 7.11 Å². The first-order valence-electron chi connectivity index (χ1n) is 10.1. The second kappa shape index (κ2) is 10.7. The second-order valence-electron chi connectivity index (χ2n) is 6.84. The molecule has 1 aliphatic rings. The van der Waals surface area contributed by atoms with Gasteiger partial charge in [0.15, 0.2) is 11.5 Å². The van der Waals surface area contributed by atoms with Crippen molar-refractivity contribution in [2.45, 2.75) is 13.8 Å². The van der Waals surface area contributed by atoms with Crippen LogP contribution < -0.4 is 24.8 Å². The van der Waals surface area contributed by atoms with Gasteiger partial charge in [-0.1, -0.05) is 13.8 Å². The summed E-state index contributed by atoms with van der Waals surface area (Å²) in [6, 6.07) is 8.38. The number of amides is 2. The molecule has 0 saturated carbocycles. The van der Waals surface area contributed by atoms with E-state index in [2.05, 4.69) is 52.0 Å². The van der Waals surface area contributed by atoms with E-state index < -0.39 is 0 Å². The van der Waals surface area contributed by atoms with Crippen LogP contribution in [-0.4, -0.2) is 56.8 Å². The normalized spacial score (nSPS) is 12.0. The van der Waals surface area contributed by atoms with Gasteiger partial charge in [-0.05, 0) is 59.9 Å². The lowest BCUT2D eigenvalue weighted by Crippen LogP contribution is -2.35. The number of nitrogens with one attached hydrogen (secondary N) is 2. The quantitative estimate of drug-likeness (QED) is 0.472. The van der Waals surface area contributed by atoms with Crippen LogP contribution in [-0.2, 0) is 0 Å². The highest BCUT2D eigenvalue weighted by atomic mass is 131. The molecular formula is C22H26IN3O5. The Bertz CT molecular complexity index is 962. The van der Waals surface area contributed by atoms with E-state index in [4.69, 9.17) is 14.2 Å². The maximum Gasteiger partial charge on any atom is 0.255 e. The first-order chi connectivity index (χ1) is 15.0. The topological polar surface area (TPSA) is 89.1 Å². The van der Waals surface area contributed by atoms with Crippen molar-refractivity contribution >= 4 is 40.1 Å². The summed E-state index contributed by atoms with van der Waals surface area (Å²) in [4.78, 5) is 27.6. The fourth-order valence-corrected chi connectivity index (χ4v) is 3.79. The SMILES string of the molecule is CCN(CC)CCNC(=O)c1cc([131I])c(NC(=O)c2ccc3c(c2)OCO3)cc1OC. The Morgan fingerprint density at radius 1 is 1.10 bits per heavy atom. The molecule has 2 amide bonds. The zero-order valence-corrected chi connectivity index (χ0v) is 19.9. The van der Waals surface area contributed by atoms with E-state index >= 15 is 0 Å². The van der Waals surface area contributed by atoms with Gasteiger partial charge in [0.05, 0.1) is 18.4 Å². The molecule has 2 aromatic carbocycles. The van der Waals surface area contributed by atoms with Gasteiger partial charge in [0, 0.05) is 28.3 Å². The minimum atomic E-state index is -0.297. The number of nitrogens with zero attached hydrogens (tertiary/aromatic N) is 1. The third-order valence-corrected chi connectivity index (χ3v) is 5.92. The number of methoxy groups -OCH3 is 1. The van der Waals surface area contributed by atoms with Gasteiger partial charge in [0.1, 0.15) is 5.75 Å². The summed E-state index contributed by atoms with van der Waals surface area (Å²) in [7, 11) is 1.50. The summed E-state index contributed by atoms with van der Waals surface area (Å²) in [5, 5.41) is 5.80. The van der Waals surface area contributed by atoms with Gasteiger partial charge in [-0.2, -0.15) is 0 Å². The number of benzene rings is 2.